The largest absolute Gasteiger partial charge is 0.479 e. The maximum absolute atomic E-state index is 12.9. The number of fused-ring (bicyclic) bond motifs is 1. The Kier molecular flexibility index (Phi) is 5.38. The van der Waals surface area contributed by atoms with Crippen LogP contribution in [0.2, 0.25) is 5.02 Å². The van der Waals surface area contributed by atoms with E-state index < -0.39 is 29.6 Å². The first-order valence-corrected chi connectivity index (χ1v) is 10.1. The third kappa shape index (κ3) is 3.97. The quantitative estimate of drug-likeness (QED) is 0.363. The number of cyclic esters (lactones) is 2. The molecule has 0 spiro atoms. The predicted molar refractivity (Wildman–Crippen MR) is 116 cm³/mol. The molecule has 4 rings (SSSR count). The molecular formula is C24H20ClNO5. The summed E-state index contributed by atoms with van der Waals surface area (Å²) in [5, 5.41) is 1.19. The van der Waals surface area contributed by atoms with Gasteiger partial charge in [-0.15, -0.1) is 6.42 Å². The predicted octanol–water partition coefficient (Wildman–Crippen LogP) is 4.42. The molecule has 1 aliphatic rings. The number of carbonyl (C=O) groups is 2. The van der Waals surface area contributed by atoms with Crippen molar-refractivity contribution in [2.75, 3.05) is 6.61 Å². The van der Waals surface area contributed by atoms with Gasteiger partial charge in [0.1, 0.15) is 12.4 Å². The van der Waals surface area contributed by atoms with E-state index in [0.29, 0.717) is 16.3 Å². The summed E-state index contributed by atoms with van der Waals surface area (Å²) in [6.45, 7) is 3.11. The Labute approximate surface area is 184 Å². The van der Waals surface area contributed by atoms with Gasteiger partial charge in [0.15, 0.2) is 5.92 Å². The standard InChI is InChI=1S/C24H20ClNO5/c1-4-11-29-19-10-9-14(12-17(19)25)20(16-13-26-18-8-6-5-7-15(16)18)21-22(27)30-24(2,3)31-23(21)28/h1,5-10,12-13,20-21,26H,11H2,2-3H3/t20-/m0/s1. The summed E-state index contributed by atoms with van der Waals surface area (Å²) >= 11 is 6.41. The van der Waals surface area contributed by atoms with Crippen molar-refractivity contribution in [3.63, 3.8) is 0 Å². The first-order valence-electron chi connectivity index (χ1n) is 9.68. The lowest BCUT2D eigenvalue weighted by Gasteiger charge is -2.36. The summed E-state index contributed by atoms with van der Waals surface area (Å²) < 4.78 is 16.2. The number of benzene rings is 2. The Morgan fingerprint density at radius 2 is 1.90 bits per heavy atom. The minimum absolute atomic E-state index is 0.0707. The van der Waals surface area contributed by atoms with Crippen LogP contribution in [0.4, 0.5) is 0 Å². The van der Waals surface area contributed by atoms with Crippen LogP contribution < -0.4 is 4.74 Å². The van der Waals surface area contributed by atoms with E-state index in [1.54, 1.807) is 24.4 Å². The summed E-state index contributed by atoms with van der Waals surface area (Å²) in [5.41, 5.74) is 2.27. The number of ether oxygens (including phenoxy) is 3. The molecule has 2 heterocycles. The molecule has 7 heteroatoms. The zero-order chi connectivity index (χ0) is 22.2. The lowest BCUT2D eigenvalue weighted by Crippen LogP contribution is -2.48. The summed E-state index contributed by atoms with van der Waals surface area (Å²) in [6, 6.07) is 12.7. The molecule has 1 aromatic heterocycles. The first kappa shape index (κ1) is 20.8. The summed E-state index contributed by atoms with van der Waals surface area (Å²) in [4.78, 5) is 29.1. The fraction of sp³-hybridized carbons (Fsp3) is 0.250. The number of carbonyl (C=O) groups excluding carboxylic acids is 2. The second kappa shape index (κ2) is 8.01. The fourth-order valence-electron chi connectivity index (χ4n) is 3.85. The second-order valence-electron chi connectivity index (χ2n) is 7.67. The van der Waals surface area contributed by atoms with Crippen LogP contribution in [-0.2, 0) is 19.1 Å². The fourth-order valence-corrected chi connectivity index (χ4v) is 4.09. The second-order valence-corrected chi connectivity index (χ2v) is 8.08. The Hall–Kier alpha value is -3.43. The van der Waals surface area contributed by atoms with E-state index in [9.17, 15) is 9.59 Å². The molecule has 1 saturated heterocycles. The van der Waals surface area contributed by atoms with Crippen LogP contribution in [0.15, 0.2) is 48.7 Å². The van der Waals surface area contributed by atoms with Crippen molar-refractivity contribution in [2.45, 2.75) is 25.6 Å². The van der Waals surface area contributed by atoms with Gasteiger partial charge in [0.2, 0.25) is 0 Å². The third-order valence-electron chi connectivity index (χ3n) is 5.12. The topological polar surface area (TPSA) is 77.6 Å². The Bertz CT molecular complexity index is 1190. The zero-order valence-corrected chi connectivity index (χ0v) is 17.7. The number of esters is 2. The molecule has 1 N–H and O–H groups in total. The van der Waals surface area contributed by atoms with Crippen molar-refractivity contribution in [1.29, 1.82) is 0 Å². The Morgan fingerprint density at radius 3 is 2.58 bits per heavy atom. The average molecular weight is 438 g/mol. The molecule has 0 unspecified atom stereocenters. The lowest BCUT2D eigenvalue weighted by atomic mass is 9.80. The monoisotopic (exact) mass is 437 g/mol. The van der Waals surface area contributed by atoms with Crippen molar-refractivity contribution < 1.29 is 23.8 Å². The van der Waals surface area contributed by atoms with Crippen LogP contribution in [0.5, 0.6) is 5.75 Å². The molecule has 2 aromatic carbocycles. The number of hydrogen-bond donors (Lipinski definition) is 1. The van der Waals surface area contributed by atoms with Crippen molar-refractivity contribution in [3.8, 4) is 18.1 Å². The number of hydrogen-bond acceptors (Lipinski definition) is 5. The molecule has 0 radical (unpaired) electrons. The highest BCUT2D eigenvalue weighted by atomic mass is 35.5. The number of nitrogens with one attached hydrogen (secondary N) is 1. The van der Waals surface area contributed by atoms with E-state index in [-0.39, 0.29) is 6.61 Å². The van der Waals surface area contributed by atoms with Crippen molar-refractivity contribution in [3.05, 3.63) is 64.8 Å². The van der Waals surface area contributed by atoms with E-state index >= 15 is 0 Å². The van der Waals surface area contributed by atoms with Gasteiger partial charge >= 0.3 is 11.9 Å². The highest BCUT2D eigenvalue weighted by Crippen LogP contribution is 2.42. The Morgan fingerprint density at radius 1 is 1.19 bits per heavy atom. The van der Waals surface area contributed by atoms with Gasteiger partial charge in [-0.05, 0) is 29.3 Å². The van der Waals surface area contributed by atoms with Crippen LogP contribution in [0.1, 0.15) is 30.9 Å². The highest BCUT2D eigenvalue weighted by Gasteiger charge is 2.48. The van der Waals surface area contributed by atoms with Crippen molar-refractivity contribution in [2.24, 2.45) is 5.92 Å². The minimum Gasteiger partial charge on any atom is -0.479 e. The van der Waals surface area contributed by atoms with E-state index in [0.717, 1.165) is 16.5 Å². The molecule has 6 nitrogen and oxygen atoms in total. The van der Waals surface area contributed by atoms with E-state index in [1.165, 1.54) is 13.8 Å². The number of para-hydroxylation sites is 1. The molecule has 0 saturated carbocycles. The maximum Gasteiger partial charge on any atom is 0.324 e. The highest BCUT2D eigenvalue weighted by molar-refractivity contribution is 6.32. The van der Waals surface area contributed by atoms with Gasteiger partial charge in [0.05, 0.1) is 5.02 Å². The number of aromatic amines is 1. The van der Waals surface area contributed by atoms with Gasteiger partial charge in [-0.25, -0.2) is 0 Å². The summed E-state index contributed by atoms with van der Waals surface area (Å²) in [7, 11) is 0. The molecular weight excluding hydrogens is 418 g/mol. The van der Waals surface area contributed by atoms with Gasteiger partial charge < -0.3 is 19.2 Å². The molecule has 0 bridgehead atoms. The number of aromatic nitrogens is 1. The molecule has 1 fully saturated rings. The number of rotatable bonds is 5. The van der Waals surface area contributed by atoms with E-state index in [4.69, 9.17) is 32.2 Å². The number of terminal acetylenes is 1. The molecule has 158 valence electrons. The normalized spacial score (nSPS) is 17.0. The number of H-pyrrole nitrogens is 1. The molecule has 31 heavy (non-hydrogen) atoms. The molecule has 0 aliphatic carbocycles. The van der Waals surface area contributed by atoms with Gasteiger partial charge in [-0.2, -0.15) is 0 Å². The lowest BCUT2D eigenvalue weighted by molar-refractivity contribution is -0.240. The number of halogens is 1. The van der Waals surface area contributed by atoms with Crippen LogP contribution in [0.25, 0.3) is 10.9 Å². The molecule has 1 atom stereocenters. The van der Waals surface area contributed by atoms with Gasteiger partial charge in [-0.1, -0.05) is 41.8 Å². The minimum atomic E-state index is -1.32. The van der Waals surface area contributed by atoms with Crippen LogP contribution in [0, 0.1) is 18.3 Å². The van der Waals surface area contributed by atoms with E-state index in [1.807, 2.05) is 24.3 Å². The third-order valence-corrected chi connectivity index (χ3v) is 5.41. The molecule has 1 aliphatic heterocycles. The maximum atomic E-state index is 12.9. The van der Waals surface area contributed by atoms with Gasteiger partial charge in [0, 0.05) is 36.9 Å². The summed E-state index contributed by atoms with van der Waals surface area (Å²) in [6.07, 6.45) is 7.03. The summed E-state index contributed by atoms with van der Waals surface area (Å²) in [5.74, 6) is -1.71. The first-order chi connectivity index (χ1) is 14.8. The molecule has 3 aromatic rings. The van der Waals surface area contributed by atoms with Gasteiger partial charge in [-0.3, -0.25) is 9.59 Å². The molecule has 0 amide bonds. The average Bonchev–Trinajstić information content (AvgIpc) is 3.13. The van der Waals surface area contributed by atoms with E-state index in [2.05, 4.69) is 10.9 Å². The van der Waals surface area contributed by atoms with Crippen LogP contribution in [0.3, 0.4) is 0 Å². The van der Waals surface area contributed by atoms with Crippen LogP contribution in [-0.4, -0.2) is 29.3 Å². The zero-order valence-electron chi connectivity index (χ0n) is 17.0. The SMILES string of the molecule is C#CCOc1ccc([C@@H](c2c[nH]c3ccccc23)C2C(=O)OC(C)(C)OC2=O)cc1Cl. The van der Waals surface area contributed by atoms with Crippen LogP contribution >= 0.6 is 11.6 Å². The van der Waals surface area contributed by atoms with Crippen molar-refractivity contribution in [1.82, 2.24) is 4.98 Å². The smallest absolute Gasteiger partial charge is 0.324 e. The Balaban J connectivity index is 1.85. The van der Waals surface area contributed by atoms with Gasteiger partial charge in [0.25, 0.3) is 5.79 Å². The van der Waals surface area contributed by atoms with Crippen molar-refractivity contribution >= 4 is 34.4 Å².